The first-order valence-electron chi connectivity index (χ1n) is 11.3. The molecule has 0 N–H and O–H groups in total. The van der Waals surface area contributed by atoms with Gasteiger partial charge in [0.2, 0.25) is 0 Å². The number of hydrazone groups is 2. The van der Waals surface area contributed by atoms with Crippen LogP contribution in [0.1, 0.15) is 39.5 Å². The summed E-state index contributed by atoms with van der Waals surface area (Å²) in [6, 6.07) is 18.0. The molecule has 0 fully saturated rings. The summed E-state index contributed by atoms with van der Waals surface area (Å²) < 4.78 is 0. The SMILES string of the molecule is CC1=NN(c2ccccc2)C(=O)[C@H]1C(=O)CCCCC(=O)[C@H]1C(=O)N(c2ccccc2)N=C1C. The minimum atomic E-state index is -0.888. The lowest BCUT2D eigenvalue weighted by atomic mass is 9.92. The van der Waals surface area contributed by atoms with Gasteiger partial charge in [0.15, 0.2) is 11.6 Å². The van der Waals surface area contributed by atoms with E-state index < -0.39 is 11.8 Å². The van der Waals surface area contributed by atoms with Crippen LogP contribution in [-0.4, -0.2) is 34.8 Å². The highest BCUT2D eigenvalue weighted by Gasteiger charge is 2.40. The van der Waals surface area contributed by atoms with E-state index in [1.165, 1.54) is 10.0 Å². The molecule has 2 aliphatic rings. The number of para-hydroxylation sites is 2. The zero-order valence-electron chi connectivity index (χ0n) is 19.2. The quantitative estimate of drug-likeness (QED) is 0.422. The number of rotatable bonds is 9. The fraction of sp³-hybridized carbons (Fsp3) is 0.308. The van der Waals surface area contributed by atoms with Crippen molar-refractivity contribution < 1.29 is 19.2 Å². The van der Waals surface area contributed by atoms with Crippen LogP contribution in [0.3, 0.4) is 0 Å². The molecule has 0 unspecified atom stereocenters. The Morgan fingerprint density at radius 3 is 1.38 bits per heavy atom. The van der Waals surface area contributed by atoms with Crippen LogP contribution >= 0.6 is 0 Å². The highest BCUT2D eigenvalue weighted by atomic mass is 16.2. The zero-order chi connectivity index (χ0) is 24.2. The number of carbonyl (C=O) groups excluding carboxylic acids is 4. The van der Waals surface area contributed by atoms with E-state index >= 15 is 0 Å². The number of ketones is 2. The Balaban J connectivity index is 1.28. The van der Waals surface area contributed by atoms with Gasteiger partial charge in [-0.3, -0.25) is 19.2 Å². The molecule has 2 aromatic carbocycles. The molecule has 8 heteroatoms. The lowest BCUT2D eigenvalue weighted by Crippen LogP contribution is -2.33. The van der Waals surface area contributed by atoms with Crippen molar-refractivity contribution in [1.82, 2.24) is 0 Å². The lowest BCUT2D eigenvalue weighted by molar-refractivity contribution is -0.131. The van der Waals surface area contributed by atoms with Crippen molar-refractivity contribution in [3.05, 3.63) is 60.7 Å². The number of amides is 2. The second kappa shape index (κ2) is 9.91. The van der Waals surface area contributed by atoms with Gasteiger partial charge in [-0.05, 0) is 51.0 Å². The Bertz CT molecular complexity index is 1080. The Hall–Kier alpha value is -3.94. The average molecular weight is 459 g/mol. The Morgan fingerprint density at radius 1 is 0.676 bits per heavy atom. The number of carbonyl (C=O) groups is 4. The second-order valence-corrected chi connectivity index (χ2v) is 8.46. The molecule has 2 aromatic rings. The molecule has 4 rings (SSSR count). The topological polar surface area (TPSA) is 99.5 Å². The standard InChI is InChI=1S/C26H26N4O4/c1-17-23(25(33)29(27-17)19-11-5-3-6-12-19)21(31)15-9-10-16-22(32)24-18(2)28-30(26(24)34)20-13-7-4-8-14-20/h3-8,11-14,23-24H,9-10,15-16H2,1-2H3/t23-,24+. The van der Waals surface area contributed by atoms with Crippen LogP contribution in [0.5, 0.6) is 0 Å². The van der Waals surface area contributed by atoms with Crippen molar-refractivity contribution >= 4 is 46.2 Å². The molecule has 0 radical (unpaired) electrons. The first kappa shape index (κ1) is 23.2. The largest absolute Gasteiger partial charge is 0.298 e. The maximum Gasteiger partial charge on any atom is 0.263 e. The Morgan fingerprint density at radius 2 is 1.03 bits per heavy atom. The van der Waals surface area contributed by atoms with Gasteiger partial charge in [-0.25, -0.2) is 0 Å². The molecule has 2 amide bonds. The summed E-state index contributed by atoms with van der Waals surface area (Å²) in [6.45, 7) is 3.36. The molecule has 2 atom stereocenters. The van der Waals surface area contributed by atoms with Gasteiger partial charge in [0.1, 0.15) is 11.8 Å². The molecule has 8 nitrogen and oxygen atoms in total. The van der Waals surface area contributed by atoms with Crippen LogP contribution in [0.15, 0.2) is 70.9 Å². The molecule has 34 heavy (non-hydrogen) atoms. The summed E-state index contributed by atoms with van der Waals surface area (Å²) >= 11 is 0. The van der Waals surface area contributed by atoms with E-state index in [1.54, 1.807) is 62.4 Å². The summed E-state index contributed by atoms with van der Waals surface area (Å²) in [5, 5.41) is 11.1. The molecule has 174 valence electrons. The third-order valence-electron chi connectivity index (χ3n) is 6.00. The fourth-order valence-corrected chi connectivity index (χ4v) is 4.27. The number of benzene rings is 2. The van der Waals surface area contributed by atoms with Gasteiger partial charge >= 0.3 is 0 Å². The van der Waals surface area contributed by atoms with Gasteiger partial charge < -0.3 is 0 Å². The summed E-state index contributed by atoms with van der Waals surface area (Å²) in [5.41, 5.74) is 2.18. The van der Waals surface area contributed by atoms with Crippen molar-refractivity contribution in [3.8, 4) is 0 Å². The van der Waals surface area contributed by atoms with Crippen LogP contribution in [-0.2, 0) is 19.2 Å². The van der Waals surface area contributed by atoms with Crippen molar-refractivity contribution in [2.24, 2.45) is 22.0 Å². The molecular weight excluding hydrogens is 432 g/mol. The van der Waals surface area contributed by atoms with Crippen LogP contribution in [0.4, 0.5) is 11.4 Å². The van der Waals surface area contributed by atoms with E-state index in [4.69, 9.17) is 0 Å². The van der Waals surface area contributed by atoms with Gasteiger partial charge in [0, 0.05) is 12.8 Å². The van der Waals surface area contributed by atoms with Gasteiger partial charge in [-0.2, -0.15) is 20.2 Å². The summed E-state index contributed by atoms with van der Waals surface area (Å²) in [7, 11) is 0. The third-order valence-corrected chi connectivity index (χ3v) is 6.00. The highest BCUT2D eigenvalue weighted by molar-refractivity contribution is 6.27. The number of hydrogen-bond donors (Lipinski definition) is 0. The summed E-state index contributed by atoms with van der Waals surface area (Å²) in [5.74, 6) is -2.89. The minimum Gasteiger partial charge on any atom is -0.298 e. The molecule has 0 aliphatic carbocycles. The number of hydrogen-bond acceptors (Lipinski definition) is 6. The second-order valence-electron chi connectivity index (χ2n) is 8.46. The van der Waals surface area contributed by atoms with E-state index in [9.17, 15) is 19.2 Å². The van der Waals surface area contributed by atoms with Crippen molar-refractivity contribution in [3.63, 3.8) is 0 Å². The van der Waals surface area contributed by atoms with E-state index in [0.717, 1.165) is 0 Å². The molecule has 0 saturated carbocycles. The maximum absolute atomic E-state index is 12.8. The summed E-state index contributed by atoms with van der Waals surface area (Å²) in [4.78, 5) is 51.1. The van der Waals surface area contributed by atoms with Crippen LogP contribution < -0.4 is 10.0 Å². The van der Waals surface area contributed by atoms with Crippen molar-refractivity contribution in [2.45, 2.75) is 39.5 Å². The minimum absolute atomic E-state index is 0.168. The lowest BCUT2D eigenvalue weighted by Gasteiger charge is -2.14. The molecular formula is C26H26N4O4. The molecule has 0 bridgehead atoms. The molecule has 0 spiro atoms. The van der Waals surface area contributed by atoms with Crippen molar-refractivity contribution in [1.29, 1.82) is 0 Å². The Labute approximate surface area is 197 Å². The van der Waals surface area contributed by atoms with E-state index in [2.05, 4.69) is 10.2 Å². The predicted octanol–water partition coefficient (Wildman–Crippen LogP) is 3.76. The number of anilines is 2. The predicted molar refractivity (Wildman–Crippen MR) is 130 cm³/mol. The average Bonchev–Trinajstić information content (AvgIpc) is 3.31. The molecule has 0 aromatic heterocycles. The number of nitrogens with zero attached hydrogens (tertiary/aromatic N) is 4. The van der Waals surface area contributed by atoms with Gasteiger partial charge in [0.25, 0.3) is 11.8 Å². The highest BCUT2D eigenvalue weighted by Crippen LogP contribution is 2.27. The van der Waals surface area contributed by atoms with Crippen LogP contribution in [0.2, 0.25) is 0 Å². The van der Waals surface area contributed by atoms with E-state index in [1.807, 2.05) is 12.1 Å². The van der Waals surface area contributed by atoms with Crippen LogP contribution in [0.25, 0.3) is 0 Å². The van der Waals surface area contributed by atoms with Crippen molar-refractivity contribution in [2.75, 3.05) is 10.0 Å². The molecule has 2 heterocycles. The van der Waals surface area contributed by atoms with Crippen LogP contribution in [0, 0.1) is 11.8 Å². The first-order chi connectivity index (χ1) is 16.4. The monoisotopic (exact) mass is 458 g/mol. The molecule has 2 aliphatic heterocycles. The fourth-order valence-electron chi connectivity index (χ4n) is 4.27. The normalized spacial score (nSPS) is 19.9. The molecule has 0 saturated heterocycles. The van der Waals surface area contributed by atoms with E-state index in [0.29, 0.717) is 35.6 Å². The van der Waals surface area contributed by atoms with E-state index in [-0.39, 0.29) is 36.2 Å². The third kappa shape index (κ3) is 4.57. The first-order valence-corrected chi connectivity index (χ1v) is 11.3. The van der Waals surface area contributed by atoms with Gasteiger partial charge in [-0.1, -0.05) is 36.4 Å². The number of unbranched alkanes of at least 4 members (excludes halogenated alkanes) is 1. The zero-order valence-corrected chi connectivity index (χ0v) is 19.2. The van der Waals surface area contributed by atoms with Gasteiger partial charge in [-0.15, -0.1) is 0 Å². The Kier molecular flexibility index (Phi) is 6.77. The summed E-state index contributed by atoms with van der Waals surface area (Å²) in [6.07, 6.45) is 1.24. The maximum atomic E-state index is 12.8. The number of Topliss-reactive ketones (excluding diaryl/α,β-unsaturated/α-hetero) is 2. The smallest absolute Gasteiger partial charge is 0.263 e. The van der Waals surface area contributed by atoms with Gasteiger partial charge in [0.05, 0.1) is 22.8 Å².